The number of carbonyl (C=O) groups excluding carboxylic acids is 2. The zero-order valence-electron chi connectivity index (χ0n) is 14.9. The lowest BCUT2D eigenvalue weighted by atomic mass is 10.1. The lowest BCUT2D eigenvalue weighted by Crippen LogP contribution is -2.41. The van der Waals surface area contributed by atoms with E-state index in [0.717, 1.165) is 16.3 Å². The summed E-state index contributed by atoms with van der Waals surface area (Å²) in [6.07, 6.45) is 1.28. The molecule has 7 nitrogen and oxygen atoms in total. The van der Waals surface area contributed by atoms with E-state index < -0.39 is 0 Å². The first-order valence-electron chi connectivity index (χ1n) is 8.78. The number of nitrogens with zero attached hydrogens (tertiary/aromatic N) is 2. The maximum Gasteiger partial charge on any atom is 0.321 e. The molecule has 0 aliphatic carbocycles. The summed E-state index contributed by atoms with van der Waals surface area (Å²) in [5.41, 5.74) is 1.64. The summed E-state index contributed by atoms with van der Waals surface area (Å²) in [4.78, 5) is 32.0. The van der Waals surface area contributed by atoms with E-state index in [0.29, 0.717) is 32.5 Å². The molecule has 142 valence electrons. The van der Waals surface area contributed by atoms with Gasteiger partial charge in [-0.2, -0.15) is 0 Å². The molecule has 1 aromatic heterocycles. The maximum atomic E-state index is 12.2. The van der Waals surface area contributed by atoms with E-state index in [1.165, 1.54) is 0 Å². The molecule has 0 atom stereocenters. The third kappa shape index (κ3) is 6.10. The van der Waals surface area contributed by atoms with Crippen molar-refractivity contribution in [2.24, 2.45) is 5.16 Å². The van der Waals surface area contributed by atoms with E-state index in [1.807, 2.05) is 47.8 Å². The summed E-state index contributed by atoms with van der Waals surface area (Å²) in [6.45, 7) is 1.55. The third-order valence-electron chi connectivity index (χ3n) is 4.08. The van der Waals surface area contributed by atoms with Gasteiger partial charge in [-0.25, -0.2) is 4.79 Å². The van der Waals surface area contributed by atoms with Crippen molar-refractivity contribution in [2.75, 3.05) is 25.0 Å². The summed E-state index contributed by atoms with van der Waals surface area (Å²) >= 11 is 1.59. The van der Waals surface area contributed by atoms with Gasteiger partial charge in [-0.15, -0.1) is 11.3 Å². The smallest absolute Gasteiger partial charge is 0.321 e. The van der Waals surface area contributed by atoms with Crippen molar-refractivity contribution in [3.05, 3.63) is 52.7 Å². The molecule has 27 heavy (non-hydrogen) atoms. The molecule has 0 saturated carbocycles. The molecule has 0 spiro atoms. The van der Waals surface area contributed by atoms with Gasteiger partial charge in [-0.05, 0) is 23.6 Å². The Balaban J connectivity index is 1.34. The topological polar surface area (TPSA) is 83.0 Å². The van der Waals surface area contributed by atoms with Crippen LogP contribution in [0.1, 0.15) is 17.7 Å². The Morgan fingerprint density at radius 3 is 2.59 bits per heavy atom. The van der Waals surface area contributed by atoms with E-state index in [4.69, 9.17) is 4.84 Å². The highest BCUT2D eigenvalue weighted by Gasteiger charge is 2.20. The molecule has 1 aromatic carbocycles. The van der Waals surface area contributed by atoms with E-state index in [-0.39, 0.29) is 18.5 Å². The van der Waals surface area contributed by atoms with E-state index >= 15 is 0 Å². The SMILES string of the molecule is O=C(CON=C1CCN(C(=O)Nc2ccccc2)CC1)NCc1cccs1. The van der Waals surface area contributed by atoms with Gasteiger partial charge in [-0.3, -0.25) is 4.79 Å². The second-order valence-corrected chi connectivity index (χ2v) is 7.10. The normalized spacial score (nSPS) is 13.8. The lowest BCUT2D eigenvalue weighted by molar-refractivity contribution is -0.125. The number of amides is 3. The summed E-state index contributed by atoms with van der Waals surface area (Å²) in [5, 5.41) is 11.7. The Bertz CT molecular complexity index is 768. The second kappa shape index (κ2) is 9.72. The fourth-order valence-electron chi connectivity index (χ4n) is 2.62. The highest BCUT2D eigenvalue weighted by molar-refractivity contribution is 7.09. The van der Waals surface area contributed by atoms with E-state index in [2.05, 4.69) is 15.8 Å². The van der Waals surface area contributed by atoms with Crippen LogP contribution in [0.5, 0.6) is 0 Å². The molecule has 3 amide bonds. The van der Waals surface area contributed by atoms with Gasteiger partial charge in [0.05, 0.1) is 12.3 Å². The molecular weight excluding hydrogens is 364 g/mol. The molecule has 2 N–H and O–H groups in total. The highest BCUT2D eigenvalue weighted by atomic mass is 32.1. The van der Waals surface area contributed by atoms with Gasteiger partial charge in [-0.1, -0.05) is 29.4 Å². The van der Waals surface area contributed by atoms with Gasteiger partial charge in [0.1, 0.15) is 0 Å². The zero-order valence-corrected chi connectivity index (χ0v) is 15.7. The predicted octanol–water partition coefficient (Wildman–Crippen LogP) is 3.06. The van der Waals surface area contributed by atoms with Crippen molar-refractivity contribution >= 4 is 34.7 Å². The number of urea groups is 1. The first kappa shape index (κ1) is 18.9. The molecule has 3 rings (SSSR count). The standard InChI is InChI=1S/C19H22N4O3S/c24-18(20-13-17-7-4-12-27-17)14-26-22-16-8-10-23(11-9-16)19(25)21-15-5-2-1-3-6-15/h1-7,12H,8-11,13-14H2,(H,20,24)(H,21,25). The summed E-state index contributed by atoms with van der Waals surface area (Å²) in [7, 11) is 0. The Morgan fingerprint density at radius 1 is 1.11 bits per heavy atom. The Labute approximate surface area is 162 Å². The average Bonchev–Trinajstić information content (AvgIpc) is 3.21. The Morgan fingerprint density at radius 2 is 1.89 bits per heavy atom. The summed E-state index contributed by atoms with van der Waals surface area (Å²) in [5.74, 6) is -0.201. The number of nitrogens with one attached hydrogen (secondary N) is 2. The fraction of sp³-hybridized carbons (Fsp3) is 0.316. The van der Waals surface area contributed by atoms with E-state index in [9.17, 15) is 9.59 Å². The van der Waals surface area contributed by atoms with Gasteiger partial charge in [0, 0.05) is 36.5 Å². The average molecular weight is 386 g/mol. The van der Waals surface area contributed by atoms with Crippen molar-refractivity contribution < 1.29 is 14.4 Å². The van der Waals surface area contributed by atoms with Crippen LogP contribution in [0.15, 0.2) is 53.0 Å². The molecular formula is C19H22N4O3S. The minimum absolute atomic E-state index is 0.104. The number of para-hydroxylation sites is 1. The first-order chi connectivity index (χ1) is 13.2. The second-order valence-electron chi connectivity index (χ2n) is 6.07. The predicted molar refractivity (Wildman–Crippen MR) is 106 cm³/mol. The quantitative estimate of drug-likeness (QED) is 0.749. The number of carbonyl (C=O) groups is 2. The molecule has 1 fully saturated rings. The van der Waals surface area contributed by atoms with Gasteiger partial charge in [0.15, 0.2) is 6.61 Å². The van der Waals surface area contributed by atoms with Crippen LogP contribution in [0.3, 0.4) is 0 Å². The molecule has 0 bridgehead atoms. The van der Waals surface area contributed by atoms with Crippen molar-refractivity contribution in [3.63, 3.8) is 0 Å². The number of likely N-dealkylation sites (tertiary alicyclic amines) is 1. The number of piperidine rings is 1. The minimum Gasteiger partial charge on any atom is -0.386 e. The van der Waals surface area contributed by atoms with Gasteiger partial charge in [0.25, 0.3) is 5.91 Å². The van der Waals surface area contributed by atoms with Crippen LogP contribution in [0, 0.1) is 0 Å². The Hall–Kier alpha value is -2.87. The molecule has 2 aromatic rings. The van der Waals surface area contributed by atoms with Crippen LogP contribution in [-0.4, -0.2) is 42.2 Å². The number of hydrogen-bond acceptors (Lipinski definition) is 5. The summed E-state index contributed by atoms with van der Waals surface area (Å²) in [6, 6.07) is 13.2. The minimum atomic E-state index is -0.201. The van der Waals surface area contributed by atoms with Crippen molar-refractivity contribution in [1.82, 2.24) is 10.2 Å². The van der Waals surface area contributed by atoms with E-state index in [1.54, 1.807) is 16.2 Å². The van der Waals surface area contributed by atoms with Gasteiger partial charge >= 0.3 is 6.03 Å². The highest BCUT2D eigenvalue weighted by Crippen LogP contribution is 2.12. The molecule has 1 aliphatic heterocycles. The van der Waals surface area contributed by atoms with Crippen LogP contribution in [0.25, 0.3) is 0 Å². The molecule has 2 heterocycles. The number of benzene rings is 1. The molecule has 0 radical (unpaired) electrons. The van der Waals surface area contributed by atoms with Crippen molar-refractivity contribution in [2.45, 2.75) is 19.4 Å². The van der Waals surface area contributed by atoms with Gasteiger partial charge < -0.3 is 20.4 Å². The zero-order chi connectivity index (χ0) is 18.9. The molecule has 1 saturated heterocycles. The number of thiophene rings is 1. The molecule has 0 unspecified atom stereocenters. The van der Waals surface area contributed by atoms with Crippen molar-refractivity contribution in [3.8, 4) is 0 Å². The van der Waals surface area contributed by atoms with Crippen LogP contribution < -0.4 is 10.6 Å². The van der Waals surface area contributed by atoms with Crippen LogP contribution in [-0.2, 0) is 16.2 Å². The number of anilines is 1. The van der Waals surface area contributed by atoms with Crippen LogP contribution in [0.4, 0.5) is 10.5 Å². The third-order valence-corrected chi connectivity index (χ3v) is 4.96. The molecule has 1 aliphatic rings. The molecule has 8 heteroatoms. The Kier molecular flexibility index (Phi) is 6.81. The van der Waals surface area contributed by atoms with Gasteiger partial charge in [0.2, 0.25) is 0 Å². The van der Waals surface area contributed by atoms with Crippen LogP contribution >= 0.6 is 11.3 Å². The monoisotopic (exact) mass is 386 g/mol. The first-order valence-corrected chi connectivity index (χ1v) is 9.66. The summed E-state index contributed by atoms with van der Waals surface area (Å²) < 4.78 is 0. The largest absolute Gasteiger partial charge is 0.386 e. The lowest BCUT2D eigenvalue weighted by Gasteiger charge is -2.27. The van der Waals surface area contributed by atoms with Crippen molar-refractivity contribution in [1.29, 1.82) is 0 Å². The van der Waals surface area contributed by atoms with Crippen LogP contribution in [0.2, 0.25) is 0 Å². The fourth-order valence-corrected chi connectivity index (χ4v) is 3.26. The number of rotatable bonds is 6. The maximum absolute atomic E-state index is 12.2. The number of hydrogen-bond donors (Lipinski definition) is 2. The number of oxime groups is 1.